The van der Waals surface area contributed by atoms with E-state index in [2.05, 4.69) is 0 Å². The first-order valence-corrected chi connectivity index (χ1v) is 4.40. The quantitative estimate of drug-likeness (QED) is 0.684. The summed E-state index contributed by atoms with van der Waals surface area (Å²) in [4.78, 5) is 0. The summed E-state index contributed by atoms with van der Waals surface area (Å²) in [6, 6.07) is 0. The van der Waals surface area contributed by atoms with Crippen molar-refractivity contribution in [2.75, 3.05) is 19.8 Å². The van der Waals surface area contributed by atoms with Gasteiger partial charge in [0.05, 0.1) is 13.2 Å². The van der Waals surface area contributed by atoms with Crippen molar-refractivity contribution in [2.24, 2.45) is 5.41 Å². The minimum atomic E-state index is -2.78. The predicted octanol–water partition coefficient (Wildman–Crippen LogP) is 2.08. The van der Waals surface area contributed by atoms with Crippen LogP contribution in [-0.4, -0.2) is 31.8 Å². The SMILES string of the molecule is CC(C)(C)C(F)(F)COC1COC1. The first kappa shape index (κ1) is 10.9. The fraction of sp³-hybridized carbons (Fsp3) is 1.00. The summed E-state index contributed by atoms with van der Waals surface area (Å²) in [5.41, 5.74) is -1.04. The second-order valence-electron chi connectivity index (χ2n) is 4.42. The van der Waals surface area contributed by atoms with Crippen molar-refractivity contribution in [1.29, 1.82) is 0 Å². The molecule has 1 heterocycles. The van der Waals surface area contributed by atoms with Crippen molar-refractivity contribution >= 4 is 0 Å². The zero-order chi connectivity index (χ0) is 10.1. The van der Waals surface area contributed by atoms with Crippen molar-refractivity contribution in [3.05, 3.63) is 0 Å². The molecule has 1 saturated heterocycles. The summed E-state index contributed by atoms with van der Waals surface area (Å²) in [5.74, 6) is -2.78. The lowest BCUT2D eigenvalue weighted by Crippen LogP contribution is -2.44. The fourth-order valence-electron chi connectivity index (χ4n) is 0.749. The second-order valence-corrected chi connectivity index (χ2v) is 4.42. The van der Waals surface area contributed by atoms with Gasteiger partial charge in [0.15, 0.2) is 0 Å². The van der Waals surface area contributed by atoms with Crippen LogP contribution in [0.4, 0.5) is 8.78 Å². The minimum absolute atomic E-state index is 0.131. The van der Waals surface area contributed by atoms with Crippen LogP contribution in [0.15, 0.2) is 0 Å². The Labute approximate surface area is 77.2 Å². The van der Waals surface area contributed by atoms with Crippen LogP contribution in [0.2, 0.25) is 0 Å². The van der Waals surface area contributed by atoms with Crippen LogP contribution in [0.1, 0.15) is 20.8 Å². The molecule has 78 valence electrons. The van der Waals surface area contributed by atoms with Crippen LogP contribution in [0.5, 0.6) is 0 Å². The molecule has 1 rings (SSSR count). The number of ether oxygens (including phenoxy) is 2. The van der Waals surface area contributed by atoms with E-state index in [1.165, 1.54) is 20.8 Å². The maximum absolute atomic E-state index is 13.3. The Morgan fingerprint density at radius 1 is 1.31 bits per heavy atom. The molecule has 0 amide bonds. The molecule has 0 N–H and O–H groups in total. The van der Waals surface area contributed by atoms with E-state index in [1.54, 1.807) is 0 Å². The molecule has 4 heteroatoms. The van der Waals surface area contributed by atoms with Gasteiger partial charge in [-0.1, -0.05) is 20.8 Å². The maximum Gasteiger partial charge on any atom is 0.275 e. The molecular weight excluding hydrogens is 178 g/mol. The van der Waals surface area contributed by atoms with Gasteiger partial charge in [0, 0.05) is 5.41 Å². The molecule has 0 aromatic rings. The molecule has 0 unspecified atom stereocenters. The Balaban J connectivity index is 2.32. The van der Waals surface area contributed by atoms with Crippen LogP contribution < -0.4 is 0 Å². The molecule has 0 radical (unpaired) electrons. The molecular formula is C9H16F2O2. The van der Waals surface area contributed by atoms with Gasteiger partial charge in [-0.3, -0.25) is 0 Å². The monoisotopic (exact) mass is 194 g/mol. The first-order valence-electron chi connectivity index (χ1n) is 4.40. The third-order valence-corrected chi connectivity index (χ3v) is 2.21. The summed E-state index contributed by atoms with van der Waals surface area (Å²) < 4.78 is 36.4. The van der Waals surface area contributed by atoms with Crippen molar-refractivity contribution in [3.8, 4) is 0 Å². The molecule has 0 bridgehead atoms. The topological polar surface area (TPSA) is 18.5 Å². The van der Waals surface area contributed by atoms with E-state index in [0.717, 1.165) is 0 Å². The summed E-state index contributed by atoms with van der Waals surface area (Å²) in [7, 11) is 0. The van der Waals surface area contributed by atoms with E-state index in [0.29, 0.717) is 13.2 Å². The lowest BCUT2D eigenvalue weighted by atomic mass is 9.88. The molecule has 0 saturated carbocycles. The Kier molecular flexibility index (Phi) is 2.92. The number of hydrogen-bond acceptors (Lipinski definition) is 2. The first-order chi connectivity index (χ1) is 5.83. The van der Waals surface area contributed by atoms with Crippen LogP contribution >= 0.6 is 0 Å². The minimum Gasteiger partial charge on any atom is -0.376 e. The Morgan fingerprint density at radius 3 is 2.15 bits per heavy atom. The third-order valence-electron chi connectivity index (χ3n) is 2.21. The van der Waals surface area contributed by atoms with Gasteiger partial charge in [0.25, 0.3) is 5.92 Å². The zero-order valence-corrected chi connectivity index (χ0v) is 8.27. The maximum atomic E-state index is 13.3. The van der Waals surface area contributed by atoms with Crippen LogP contribution in [-0.2, 0) is 9.47 Å². The summed E-state index contributed by atoms with van der Waals surface area (Å²) >= 11 is 0. The van der Waals surface area contributed by atoms with E-state index in [4.69, 9.17) is 9.47 Å². The lowest BCUT2D eigenvalue weighted by molar-refractivity contribution is -0.199. The molecule has 0 aliphatic carbocycles. The van der Waals surface area contributed by atoms with Crippen LogP contribution in [0.3, 0.4) is 0 Å². The summed E-state index contributed by atoms with van der Waals surface area (Å²) in [6.45, 7) is 4.90. The number of hydrogen-bond donors (Lipinski definition) is 0. The van der Waals surface area contributed by atoms with E-state index in [9.17, 15) is 8.78 Å². The molecule has 13 heavy (non-hydrogen) atoms. The van der Waals surface area contributed by atoms with E-state index < -0.39 is 17.9 Å². The molecule has 1 aliphatic rings. The van der Waals surface area contributed by atoms with Gasteiger partial charge in [-0.25, -0.2) is 8.78 Å². The van der Waals surface area contributed by atoms with Crippen molar-refractivity contribution < 1.29 is 18.3 Å². The summed E-state index contributed by atoms with van der Waals surface area (Å²) in [5, 5.41) is 0. The van der Waals surface area contributed by atoms with Gasteiger partial charge in [0.2, 0.25) is 0 Å². The normalized spacial score (nSPS) is 20.1. The van der Waals surface area contributed by atoms with Gasteiger partial charge in [-0.2, -0.15) is 0 Å². The van der Waals surface area contributed by atoms with Crippen molar-refractivity contribution in [1.82, 2.24) is 0 Å². The lowest BCUT2D eigenvalue weighted by Gasteiger charge is -2.33. The van der Waals surface area contributed by atoms with Crippen molar-refractivity contribution in [2.45, 2.75) is 32.8 Å². The highest BCUT2D eigenvalue weighted by atomic mass is 19.3. The van der Waals surface area contributed by atoms with E-state index >= 15 is 0 Å². The summed E-state index contributed by atoms with van der Waals surface area (Å²) in [6.07, 6.45) is -0.131. The third kappa shape index (κ3) is 2.61. The Morgan fingerprint density at radius 2 is 1.85 bits per heavy atom. The average Bonchev–Trinajstić information content (AvgIpc) is 1.80. The number of alkyl halides is 2. The van der Waals surface area contributed by atoms with Crippen LogP contribution in [0, 0.1) is 5.41 Å². The molecule has 0 aromatic carbocycles. The highest BCUT2D eigenvalue weighted by molar-refractivity contribution is 4.82. The van der Waals surface area contributed by atoms with Gasteiger partial charge >= 0.3 is 0 Å². The molecule has 1 aliphatic heterocycles. The zero-order valence-electron chi connectivity index (χ0n) is 8.27. The Bertz CT molecular complexity index is 171. The van der Waals surface area contributed by atoms with E-state index in [-0.39, 0.29) is 6.10 Å². The molecule has 1 fully saturated rings. The van der Waals surface area contributed by atoms with Gasteiger partial charge < -0.3 is 9.47 Å². The highest BCUT2D eigenvalue weighted by Crippen LogP contribution is 2.36. The second kappa shape index (κ2) is 3.50. The largest absolute Gasteiger partial charge is 0.376 e. The van der Waals surface area contributed by atoms with Gasteiger partial charge in [0.1, 0.15) is 12.7 Å². The molecule has 0 spiro atoms. The highest BCUT2D eigenvalue weighted by Gasteiger charge is 2.44. The number of halogens is 2. The predicted molar refractivity (Wildman–Crippen MR) is 45.0 cm³/mol. The molecule has 0 atom stereocenters. The average molecular weight is 194 g/mol. The Hall–Kier alpha value is -0.220. The smallest absolute Gasteiger partial charge is 0.275 e. The van der Waals surface area contributed by atoms with Gasteiger partial charge in [-0.15, -0.1) is 0 Å². The molecule has 2 nitrogen and oxygen atoms in total. The van der Waals surface area contributed by atoms with Crippen LogP contribution in [0.25, 0.3) is 0 Å². The fourth-order valence-corrected chi connectivity index (χ4v) is 0.749. The van der Waals surface area contributed by atoms with Gasteiger partial charge in [-0.05, 0) is 0 Å². The standard InChI is InChI=1S/C9H16F2O2/c1-8(2,3)9(10,11)6-13-7-4-12-5-7/h7H,4-6H2,1-3H3. The molecule has 0 aromatic heterocycles. The van der Waals surface area contributed by atoms with E-state index in [1.807, 2.05) is 0 Å². The van der Waals surface area contributed by atoms with Crippen molar-refractivity contribution in [3.63, 3.8) is 0 Å². The number of rotatable bonds is 3.